The van der Waals surface area contributed by atoms with Gasteiger partial charge in [-0.25, -0.2) is 9.78 Å². The minimum absolute atomic E-state index is 0.0867. The van der Waals surface area contributed by atoms with Crippen LogP contribution in [0, 0.1) is 0 Å². The van der Waals surface area contributed by atoms with Gasteiger partial charge in [-0.3, -0.25) is 0 Å². The zero-order valence-corrected chi connectivity index (χ0v) is 19.5. The summed E-state index contributed by atoms with van der Waals surface area (Å²) in [6.45, 7) is 1.33. The fourth-order valence-corrected chi connectivity index (χ4v) is 4.63. The Balaban J connectivity index is 1.38. The number of phenols is 1. The van der Waals surface area contributed by atoms with Crippen molar-refractivity contribution in [1.82, 2.24) is 14.3 Å². The molecule has 2 amide bonds. The Morgan fingerprint density at radius 3 is 2.68 bits per heavy atom. The molecule has 2 aromatic heterocycles. The number of hydrogen-bond acceptors (Lipinski definition) is 4. The third-order valence-corrected chi connectivity index (χ3v) is 6.40. The average Bonchev–Trinajstić information content (AvgIpc) is 3.24. The van der Waals surface area contributed by atoms with Crippen molar-refractivity contribution in [2.24, 2.45) is 0 Å². The summed E-state index contributed by atoms with van der Waals surface area (Å²) in [4.78, 5) is 22.0. The molecular weight excluding hydrogens is 426 g/mol. The Kier molecular flexibility index (Phi) is 5.84. The molecule has 5 rings (SSSR count). The lowest BCUT2D eigenvalue weighted by Gasteiger charge is -2.32. The van der Waals surface area contributed by atoms with Crippen LogP contribution in [-0.4, -0.2) is 52.6 Å². The molecule has 1 atom stereocenters. The number of anilines is 2. The van der Waals surface area contributed by atoms with E-state index in [1.807, 2.05) is 84.7 Å². The van der Waals surface area contributed by atoms with Crippen LogP contribution in [0.1, 0.15) is 24.6 Å². The van der Waals surface area contributed by atoms with Crippen molar-refractivity contribution in [2.75, 3.05) is 37.4 Å². The number of aromatic nitrogens is 2. The number of pyridine rings is 1. The number of piperidine rings is 1. The van der Waals surface area contributed by atoms with Crippen LogP contribution >= 0.6 is 0 Å². The number of rotatable bonds is 4. The predicted molar refractivity (Wildman–Crippen MR) is 136 cm³/mol. The number of fused-ring (bicyclic) bond motifs is 1. The standard InChI is InChI=1S/C27H29N5O2/c1-30(2)22-13-11-21(12-14-22)28-27(34)31-15-6-8-20(18-31)26-29-25(19-7-5-9-23(33)17-19)24-10-3-4-16-32(24)26/h3-5,7,9-14,16-17,20,33H,6,8,15,18H2,1-2H3,(H,28,34)/t20-/m1/s1. The lowest BCUT2D eigenvalue weighted by molar-refractivity contribution is 0.191. The van der Waals surface area contributed by atoms with E-state index in [0.717, 1.165) is 53.4 Å². The number of carbonyl (C=O) groups is 1. The molecule has 34 heavy (non-hydrogen) atoms. The van der Waals surface area contributed by atoms with E-state index in [-0.39, 0.29) is 17.7 Å². The van der Waals surface area contributed by atoms with E-state index in [9.17, 15) is 9.90 Å². The lowest BCUT2D eigenvalue weighted by atomic mass is 9.97. The van der Waals surface area contributed by atoms with E-state index in [2.05, 4.69) is 9.72 Å². The van der Waals surface area contributed by atoms with Crippen LogP contribution in [-0.2, 0) is 0 Å². The molecule has 0 spiro atoms. The maximum atomic E-state index is 13.0. The largest absolute Gasteiger partial charge is 0.508 e. The zero-order valence-electron chi connectivity index (χ0n) is 19.5. The minimum Gasteiger partial charge on any atom is -0.508 e. The van der Waals surface area contributed by atoms with Crippen LogP contribution in [0.5, 0.6) is 5.75 Å². The molecule has 7 nitrogen and oxygen atoms in total. The van der Waals surface area contributed by atoms with Gasteiger partial charge in [-0.1, -0.05) is 18.2 Å². The first kappa shape index (κ1) is 21.8. The normalized spacial score (nSPS) is 15.9. The number of imidazole rings is 1. The van der Waals surface area contributed by atoms with Gasteiger partial charge in [0.1, 0.15) is 11.6 Å². The van der Waals surface area contributed by atoms with Crippen molar-refractivity contribution >= 4 is 22.9 Å². The molecule has 0 radical (unpaired) electrons. The number of nitrogens with zero attached hydrogens (tertiary/aromatic N) is 4. The molecule has 2 aromatic carbocycles. The maximum absolute atomic E-state index is 13.0. The van der Waals surface area contributed by atoms with Crippen LogP contribution in [0.2, 0.25) is 0 Å². The van der Waals surface area contributed by atoms with Crippen LogP contribution in [0.15, 0.2) is 72.9 Å². The Labute approximate surface area is 199 Å². The first-order valence-corrected chi connectivity index (χ1v) is 11.6. The van der Waals surface area contributed by atoms with E-state index >= 15 is 0 Å². The third kappa shape index (κ3) is 4.29. The van der Waals surface area contributed by atoms with Gasteiger partial charge < -0.3 is 24.6 Å². The van der Waals surface area contributed by atoms with Crippen LogP contribution in [0.4, 0.5) is 16.2 Å². The summed E-state index contributed by atoms with van der Waals surface area (Å²) in [6, 6.07) is 21.0. The number of nitrogens with one attached hydrogen (secondary N) is 1. The Bertz CT molecular complexity index is 1310. The fraction of sp³-hybridized carbons (Fsp3) is 0.259. The molecule has 1 aliphatic heterocycles. The number of urea groups is 1. The molecule has 174 valence electrons. The highest BCUT2D eigenvalue weighted by atomic mass is 16.3. The van der Waals surface area contributed by atoms with Gasteiger partial charge in [-0.2, -0.15) is 0 Å². The Morgan fingerprint density at radius 2 is 1.91 bits per heavy atom. The van der Waals surface area contributed by atoms with E-state index in [1.165, 1.54) is 0 Å². The van der Waals surface area contributed by atoms with Gasteiger partial charge in [0.25, 0.3) is 0 Å². The summed E-state index contributed by atoms with van der Waals surface area (Å²) in [5, 5.41) is 13.0. The van der Waals surface area contributed by atoms with Crippen molar-refractivity contribution in [3.63, 3.8) is 0 Å². The molecule has 0 aliphatic carbocycles. The molecule has 0 unspecified atom stereocenters. The van der Waals surface area contributed by atoms with Crippen LogP contribution in [0.25, 0.3) is 16.8 Å². The Morgan fingerprint density at radius 1 is 1.09 bits per heavy atom. The number of aromatic hydroxyl groups is 1. The second-order valence-corrected chi connectivity index (χ2v) is 8.98. The van der Waals surface area contributed by atoms with E-state index in [4.69, 9.17) is 4.98 Å². The quantitative estimate of drug-likeness (QED) is 0.445. The maximum Gasteiger partial charge on any atom is 0.321 e. The zero-order chi connectivity index (χ0) is 23.7. The lowest BCUT2D eigenvalue weighted by Crippen LogP contribution is -2.42. The van der Waals surface area contributed by atoms with Crippen molar-refractivity contribution < 1.29 is 9.90 Å². The summed E-state index contributed by atoms with van der Waals surface area (Å²) < 4.78 is 2.12. The number of benzene rings is 2. The monoisotopic (exact) mass is 455 g/mol. The second-order valence-electron chi connectivity index (χ2n) is 8.98. The van der Waals surface area contributed by atoms with Gasteiger partial charge in [0.15, 0.2) is 0 Å². The minimum atomic E-state index is -0.0867. The highest BCUT2D eigenvalue weighted by molar-refractivity contribution is 5.89. The summed E-state index contributed by atoms with van der Waals surface area (Å²) in [7, 11) is 3.99. The second kappa shape index (κ2) is 9.09. The molecule has 0 saturated carbocycles. The van der Waals surface area contributed by atoms with E-state index in [0.29, 0.717) is 6.54 Å². The van der Waals surface area contributed by atoms with Gasteiger partial charge in [-0.05, 0) is 61.4 Å². The van der Waals surface area contributed by atoms with Gasteiger partial charge in [0, 0.05) is 56.2 Å². The van der Waals surface area contributed by atoms with Crippen molar-refractivity contribution in [1.29, 1.82) is 0 Å². The molecular formula is C27H29N5O2. The number of phenolic OH excluding ortho intramolecular Hbond substituents is 1. The van der Waals surface area contributed by atoms with Crippen LogP contribution in [0.3, 0.4) is 0 Å². The molecule has 3 heterocycles. The summed E-state index contributed by atoms with van der Waals surface area (Å²) in [6.07, 6.45) is 3.91. The molecule has 4 aromatic rings. The van der Waals surface area contributed by atoms with E-state index in [1.54, 1.807) is 12.1 Å². The smallest absolute Gasteiger partial charge is 0.321 e. The van der Waals surface area contributed by atoms with Crippen molar-refractivity contribution in [3.8, 4) is 17.0 Å². The van der Waals surface area contributed by atoms with Gasteiger partial charge in [0.2, 0.25) is 0 Å². The molecule has 1 fully saturated rings. The highest BCUT2D eigenvalue weighted by Gasteiger charge is 2.28. The SMILES string of the molecule is CN(C)c1ccc(NC(=O)N2CCC[C@@H](c3nc(-c4cccc(O)c4)c4ccccn34)C2)cc1. The number of likely N-dealkylation sites (tertiary alicyclic amines) is 1. The fourth-order valence-electron chi connectivity index (χ4n) is 4.63. The first-order valence-electron chi connectivity index (χ1n) is 11.6. The number of hydrogen-bond donors (Lipinski definition) is 2. The van der Waals surface area contributed by atoms with Gasteiger partial charge in [0.05, 0.1) is 11.2 Å². The van der Waals surface area contributed by atoms with Crippen molar-refractivity contribution in [2.45, 2.75) is 18.8 Å². The molecule has 0 bridgehead atoms. The molecule has 1 saturated heterocycles. The topological polar surface area (TPSA) is 73.1 Å². The summed E-state index contributed by atoms with van der Waals surface area (Å²) >= 11 is 0. The van der Waals surface area contributed by atoms with Crippen molar-refractivity contribution in [3.05, 3.63) is 78.8 Å². The highest BCUT2D eigenvalue weighted by Crippen LogP contribution is 2.33. The van der Waals surface area contributed by atoms with Gasteiger partial charge >= 0.3 is 6.03 Å². The third-order valence-electron chi connectivity index (χ3n) is 6.40. The Hall–Kier alpha value is -4.00. The molecule has 1 aliphatic rings. The van der Waals surface area contributed by atoms with Crippen LogP contribution < -0.4 is 10.2 Å². The predicted octanol–water partition coefficient (Wildman–Crippen LogP) is 5.18. The van der Waals surface area contributed by atoms with E-state index < -0.39 is 0 Å². The molecule has 7 heteroatoms. The summed E-state index contributed by atoms with van der Waals surface area (Å²) in [5.41, 5.74) is 4.58. The number of amides is 2. The number of carbonyl (C=O) groups excluding carboxylic acids is 1. The summed E-state index contributed by atoms with van der Waals surface area (Å²) in [5.74, 6) is 1.29. The average molecular weight is 456 g/mol. The molecule has 2 N–H and O–H groups in total. The first-order chi connectivity index (χ1) is 16.5. The van der Waals surface area contributed by atoms with Gasteiger partial charge in [-0.15, -0.1) is 0 Å².